The maximum absolute atomic E-state index is 12.4. The zero-order valence-electron chi connectivity index (χ0n) is 14.4. The molecule has 1 rings (SSSR count). The van der Waals surface area contributed by atoms with Crippen LogP contribution in [0.1, 0.15) is 40.0 Å². The smallest absolute Gasteiger partial charge is 0.305 e. The molecule has 4 nitrogen and oxygen atoms in total. The van der Waals surface area contributed by atoms with E-state index in [0.29, 0.717) is 19.3 Å². The van der Waals surface area contributed by atoms with Gasteiger partial charge >= 0.3 is 5.97 Å². The highest BCUT2D eigenvalue weighted by atomic mass is 32.2. The summed E-state index contributed by atoms with van der Waals surface area (Å²) in [6.07, 6.45) is 1.63. The maximum atomic E-state index is 12.4. The molecular weight excluding hydrogens is 316 g/mol. The van der Waals surface area contributed by atoms with Crippen molar-refractivity contribution in [3.63, 3.8) is 0 Å². The summed E-state index contributed by atoms with van der Waals surface area (Å²) in [5.74, 6) is 1.75. The SMILES string of the molecule is COC(=O)CCCSC1=C(O[Si](C)C)C(C(C)(C)C)CC1=O. The third-order valence-corrected chi connectivity index (χ3v) is 5.38. The first kappa shape index (κ1) is 19.3. The zero-order chi connectivity index (χ0) is 16.9. The molecule has 0 aliphatic heterocycles. The van der Waals surface area contributed by atoms with Gasteiger partial charge in [-0.1, -0.05) is 20.8 Å². The molecule has 1 unspecified atom stereocenters. The summed E-state index contributed by atoms with van der Waals surface area (Å²) in [7, 11) is 0.483. The number of allylic oxidation sites excluding steroid dienone is 2. The standard InChI is InChI=1S/C16H27O4SSi/c1-16(2,3)11-10-12(17)15(14(11)20-22(5)6)21-9-7-8-13(18)19-4/h11H,7-10H2,1-6H3. The Hall–Kier alpha value is -0.753. The molecule has 6 heteroatoms. The van der Waals surface area contributed by atoms with Gasteiger partial charge < -0.3 is 9.16 Å². The van der Waals surface area contributed by atoms with Crippen molar-refractivity contribution in [2.75, 3.05) is 12.9 Å². The van der Waals surface area contributed by atoms with Crippen LogP contribution in [0.5, 0.6) is 0 Å². The molecule has 0 amide bonds. The summed E-state index contributed by atoms with van der Waals surface area (Å²) in [4.78, 5) is 24.3. The summed E-state index contributed by atoms with van der Waals surface area (Å²) < 4.78 is 10.7. The summed E-state index contributed by atoms with van der Waals surface area (Å²) in [6, 6.07) is 0. The molecule has 0 saturated heterocycles. The van der Waals surface area contributed by atoms with Gasteiger partial charge in [0.25, 0.3) is 9.04 Å². The first-order valence-corrected chi connectivity index (χ1v) is 11.0. The molecule has 0 N–H and O–H groups in total. The third-order valence-electron chi connectivity index (χ3n) is 3.54. The highest BCUT2D eigenvalue weighted by Gasteiger charge is 2.40. The molecule has 0 aromatic rings. The Morgan fingerprint density at radius 2 is 2.00 bits per heavy atom. The van der Waals surface area contributed by atoms with E-state index in [1.165, 1.54) is 18.9 Å². The molecule has 22 heavy (non-hydrogen) atoms. The summed E-state index contributed by atoms with van der Waals surface area (Å²) >= 11 is 1.53. The van der Waals surface area contributed by atoms with E-state index in [2.05, 4.69) is 38.6 Å². The highest BCUT2D eigenvalue weighted by molar-refractivity contribution is 8.04. The van der Waals surface area contributed by atoms with Crippen molar-refractivity contribution in [2.45, 2.75) is 53.1 Å². The topological polar surface area (TPSA) is 52.6 Å². The van der Waals surface area contributed by atoms with Gasteiger partial charge in [0.15, 0.2) is 5.78 Å². The predicted octanol–water partition coefficient (Wildman–Crippen LogP) is 3.79. The van der Waals surface area contributed by atoms with Gasteiger partial charge in [0.05, 0.1) is 12.0 Å². The van der Waals surface area contributed by atoms with Crippen molar-refractivity contribution in [1.29, 1.82) is 0 Å². The van der Waals surface area contributed by atoms with Gasteiger partial charge in [-0.25, -0.2) is 0 Å². The van der Waals surface area contributed by atoms with Crippen molar-refractivity contribution in [1.82, 2.24) is 0 Å². The molecule has 1 aliphatic rings. The fourth-order valence-corrected chi connectivity index (χ4v) is 4.17. The van der Waals surface area contributed by atoms with Gasteiger partial charge in [-0.15, -0.1) is 11.8 Å². The van der Waals surface area contributed by atoms with E-state index < -0.39 is 9.04 Å². The molecular formula is C16H27O4SSi. The van der Waals surface area contributed by atoms with E-state index in [0.717, 1.165) is 16.4 Å². The lowest BCUT2D eigenvalue weighted by molar-refractivity contribution is -0.140. The molecule has 0 aromatic heterocycles. The number of ether oxygens (including phenoxy) is 1. The molecule has 1 aliphatic carbocycles. The van der Waals surface area contributed by atoms with Crippen LogP contribution in [0, 0.1) is 11.3 Å². The number of hydrogen-bond donors (Lipinski definition) is 0. The van der Waals surface area contributed by atoms with Crippen molar-refractivity contribution in [3.05, 3.63) is 10.7 Å². The number of ketones is 1. The van der Waals surface area contributed by atoms with E-state index in [4.69, 9.17) is 4.43 Å². The Labute approximate surface area is 139 Å². The Morgan fingerprint density at radius 3 is 2.50 bits per heavy atom. The number of rotatable bonds is 7. The van der Waals surface area contributed by atoms with Crippen LogP contribution >= 0.6 is 11.8 Å². The largest absolute Gasteiger partial charge is 0.544 e. The van der Waals surface area contributed by atoms with Crippen LogP contribution in [0.15, 0.2) is 10.7 Å². The van der Waals surface area contributed by atoms with Gasteiger partial charge in [-0.05, 0) is 30.7 Å². The first-order valence-electron chi connectivity index (χ1n) is 7.61. The molecule has 1 radical (unpaired) electrons. The number of carbonyl (C=O) groups is 2. The summed E-state index contributed by atoms with van der Waals surface area (Å²) in [5.41, 5.74) is 0.0106. The number of esters is 1. The highest BCUT2D eigenvalue weighted by Crippen LogP contribution is 2.45. The summed E-state index contributed by atoms with van der Waals surface area (Å²) in [5, 5.41) is 0. The number of Topliss-reactive ketones (excluding diaryl/α,β-unsaturated/α-hetero) is 1. The van der Waals surface area contributed by atoms with E-state index >= 15 is 0 Å². The van der Waals surface area contributed by atoms with Gasteiger partial charge in [-0.3, -0.25) is 9.59 Å². The van der Waals surface area contributed by atoms with E-state index in [-0.39, 0.29) is 23.1 Å². The minimum atomic E-state index is -0.910. The monoisotopic (exact) mass is 343 g/mol. The Morgan fingerprint density at radius 1 is 1.36 bits per heavy atom. The van der Waals surface area contributed by atoms with Crippen LogP contribution < -0.4 is 0 Å². The van der Waals surface area contributed by atoms with Gasteiger partial charge in [-0.2, -0.15) is 0 Å². The van der Waals surface area contributed by atoms with E-state index in [1.54, 1.807) is 0 Å². The predicted molar refractivity (Wildman–Crippen MR) is 91.9 cm³/mol. The Balaban J connectivity index is 2.79. The second-order valence-corrected chi connectivity index (χ2v) is 9.90. The first-order chi connectivity index (χ1) is 10.2. The van der Waals surface area contributed by atoms with Crippen LogP contribution in [0.3, 0.4) is 0 Å². The molecule has 0 aromatic carbocycles. The quantitative estimate of drug-likeness (QED) is 0.400. The van der Waals surface area contributed by atoms with Crippen LogP contribution in [0.25, 0.3) is 0 Å². The van der Waals surface area contributed by atoms with Crippen molar-refractivity contribution in [2.24, 2.45) is 11.3 Å². The molecule has 0 fully saturated rings. The normalized spacial score (nSPS) is 19.0. The fourth-order valence-electron chi connectivity index (χ4n) is 2.35. The van der Waals surface area contributed by atoms with Crippen LogP contribution in [-0.2, 0) is 18.8 Å². The molecule has 1 atom stereocenters. The number of thioether (sulfide) groups is 1. The molecule has 125 valence electrons. The minimum Gasteiger partial charge on any atom is -0.544 e. The Bertz CT molecular complexity index is 452. The Kier molecular flexibility index (Phi) is 7.19. The van der Waals surface area contributed by atoms with Crippen LogP contribution in [-0.4, -0.2) is 33.7 Å². The number of methoxy groups -OCH3 is 1. The van der Waals surface area contributed by atoms with Gasteiger partial charge in [0, 0.05) is 18.8 Å². The van der Waals surface area contributed by atoms with Gasteiger partial charge in [0.1, 0.15) is 5.76 Å². The maximum Gasteiger partial charge on any atom is 0.305 e. The van der Waals surface area contributed by atoms with Crippen LogP contribution in [0.4, 0.5) is 0 Å². The lowest BCUT2D eigenvalue weighted by atomic mass is 9.79. The number of carbonyl (C=O) groups excluding carboxylic acids is 2. The number of hydrogen-bond acceptors (Lipinski definition) is 5. The lowest BCUT2D eigenvalue weighted by Gasteiger charge is -2.29. The van der Waals surface area contributed by atoms with E-state index in [9.17, 15) is 9.59 Å². The summed E-state index contributed by atoms with van der Waals surface area (Å²) in [6.45, 7) is 10.6. The zero-order valence-corrected chi connectivity index (χ0v) is 16.3. The van der Waals surface area contributed by atoms with Crippen LogP contribution in [0.2, 0.25) is 13.1 Å². The van der Waals surface area contributed by atoms with E-state index in [1.807, 2.05) is 0 Å². The second-order valence-electron chi connectivity index (χ2n) is 6.78. The lowest BCUT2D eigenvalue weighted by Crippen LogP contribution is -2.24. The fraction of sp³-hybridized carbons (Fsp3) is 0.750. The minimum absolute atomic E-state index is 0.0106. The van der Waals surface area contributed by atoms with Crippen molar-refractivity contribution < 1.29 is 18.8 Å². The van der Waals surface area contributed by atoms with Gasteiger partial charge in [0.2, 0.25) is 0 Å². The second kappa shape index (κ2) is 8.20. The van der Waals surface area contributed by atoms with Crippen molar-refractivity contribution >= 4 is 32.6 Å². The molecule has 0 saturated carbocycles. The third kappa shape index (κ3) is 5.46. The average Bonchev–Trinajstić information content (AvgIpc) is 2.70. The molecule has 0 spiro atoms. The average molecular weight is 344 g/mol. The molecule has 0 bridgehead atoms. The van der Waals surface area contributed by atoms with Crippen molar-refractivity contribution in [3.8, 4) is 0 Å². The molecule has 0 heterocycles.